The first-order valence-electron chi connectivity index (χ1n) is 10.3. The Hall–Kier alpha value is -4.01. The fraction of sp³-hybridized carbons (Fsp3) is 0.250. The first kappa shape index (κ1) is 22.2. The summed E-state index contributed by atoms with van der Waals surface area (Å²) in [5, 5.41) is 2.90. The van der Waals surface area contributed by atoms with E-state index in [1.54, 1.807) is 6.92 Å². The van der Waals surface area contributed by atoms with Gasteiger partial charge in [0.05, 0.1) is 20.0 Å². The molecule has 0 radical (unpaired) electrons. The van der Waals surface area contributed by atoms with Gasteiger partial charge in [0.15, 0.2) is 5.69 Å². The van der Waals surface area contributed by atoms with Crippen molar-refractivity contribution in [3.05, 3.63) is 83.2 Å². The normalized spacial score (nSPS) is 17.5. The number of carbonyl (C=O) groups excluding carboxylic acids is 3. The molecule has 1 N–H and O–H groups in total. The number of nitrogens with zero attached hydrogens (tertiary/aromatic N) is 3. The molecule has 0 fully saturated rings. The Morgan fingerprint density at radius 1 is 1.15 bits per heavy atom. The van der Waals surface area contributed by atoms with Crippen LogP contribution in [0.1, 0.15) is 39.0 Å². The molecule has 0 aliphatic carbocycles. The third-order valence-electron chi connectivity index (χ3n) is 5.74. The Morgan fingerprint density at radius 3 is 2.45 bits per heavy atom. The number of hydrogen-bond acceptors (Lipinski definition) is 5. The summed E-state index contributed by atoms with van der Waals surface area (Å²) in [5.41, 5.74) is 0.820. The molecule has 33 heavy (non-hydrogen) atoms. The number of fused-ring (bicyclic) bond motifs is 1. The summed E-state index contributed by atoms with van der Waals surface area (Å²) < 4.78 is 19.8. The highest BCUT2D eigenvalue weighted by molar-refractivity contribution is 6.15. The Kier molecular flexibility index (Phi) is 5.71. The summed E-state index contributed by atoms with van der Waals surface area (Å²) in [7, 11) is 1.20. The highest BCUT2D eigenvalue weighted by Crippen LogP contribution is 2.34. The molecule has 1 aromatic heterocycles. The van der Waals surface area contributed by atoms with Crippen molar-refractivity contribution in [2.24, 2.45) is 0 Å². The van der Waals surface area contributed by atoms with Gasteiger partial charge < -0.3 is 14.6 Å². The van der Waals surface area contributed by atoms with Crippen molar-refractivity contribution in [2.45, 2.75) is 32.5 Å². The molecule has 3 aromatic rings. The molecule has 4 rings (SSSR count). The number of anilines is 1. The lowest BCUT2D eigenvalue weighted by Gasteiger charge is -2.43. The van der Waals surface area contributed by atoms with Gasteiger partial charge in [-0.1, -0.05) is 29.8 Å². The summed E-state index contributed by atoms with van der Waals surface area (Å²) in [4.78, 5) is 44.6. The van der Waals surface area contributed by atoms with Crippen molar-refractivity contribution in [2.75, 3.05) is 12.0 Å². The fourth-order valence-corrected chi connectivity index (χ4v) is 3.95. The van der Waals surface area contributed by atoms with Crippen molar-refractivity contribution in [1.29, 1.82) is 0 Å². The van der Waals surface area contributed by atoms with Crippen LogP contribution in [0.4, 0.5) is 10.1 Å². The quantitative estimate of drug-likeness (QED) is 0.604. The molecule has 0 saturated carbocycles. The molecule has 8 nitrogen and oxygen atoms in total. The van der Waals surface area contributed by atoms with Crippen molar-refractivity contribution < 1.29 is 23.5 Å². The van der Waals surface area contributed by atoms with Crippen LogP contribution in [0.2, 0.25) is 0 Å². The van der Waals surface area contributed by atoms with E-state index in [0.717, 1.165) is 11.1 Å². The van der Waals surface area contributed by atoms with Crippen molar-refractivity contribution in [3.8, 4) is 0 Å². The van der Waals surface area contributed by atoms with Crippen LogP contribution >= 0.6 is 0 Å². The summed E-state index contributed by atoms with van der Waals surface area (Å²) in [6, 6.07) is 13.0. The van der Waals surface area contributed by atoms with Crippen LogP contribution in [0.25, 0.3) is 0 Å². The minimum atomic E-state index is -1.37. The van der Waals surface area contributed by atoms with Crippen LogP contribution in [0.15, 0.2) is 54.9 Å². The number of esters is 1. The Balaban J connectivity index is 1.73. The van der Waals surface area contributed by atoms with Crippen LogP contribution < -0.4 is 10.2 Å². The van der Waals surface area contributed by atoms with Gasteiger partial charge in [-0.15, -0.1) is 0 Å². The second-order valence-electron chi connectivity index (χ2n) is 8.12. The van der Waals surface area contributed by atoms with Gasteiger partial charge in [0, 0.05) is 12.2 Å². The van der Waals surface area contributed by atoms with Gasteiger partial charge in [-0.05, 0) is 43.7 Å². The van der Waals surface area contributed by atoms with Crippen LogP contribution in [0, 0.1) is 12.7 Å². The molecule has 170 valence electrons. The number of halogens is 1. The number of methoxy groups -OCH3 is 1. The van der Waals surface area contributed by atoms with E-state index in [2.05, 4.69) is 10.3 Å². The molecule has 0 spiro atoms. The van der Waals surface area contributed by atoms with Crippen LogP contribution in [0.3, 0.4) is 0 Å². The zero-order valence-corrected chi connectivity index (χ0v) is 18.5. The van der Waals surface area contributed by atoms with Gasteiger partial charge in [-0.2, -0.15) is 0 Å². The molecule has 0 unspecified atom stereocenters. The van der Waals surface area contributed by atoms with Crippen LogP contribution in [-0.4, -0.2) is 40.0 Å². The Labute approximate surface area is 190 Å². The molecule has 9 heteroatoms. The van der Waals surface area contributed by atoms with E-state index in [4.69, 9.17) is 4.74 Å². The largest absolute Gasteiger partial charge is 0.464 e. The van der Waals surface area contributed by atoms with E-state index < -0.39 is 29.1 Å². The minimum absolute atomic E-state index is 0.00924. The molecule has 2 amide bonds. The molecule has 1 aliphatic rings. The summed E-state index contributed by atoms with van der Waals surface area (Å²) in [6.45, 7) is 3.90. The average Bonchev–Trinajstić information content (AvgIpc) is 3.23. The maximum atomic E-state index is 13.6. The molecular formula is C24H23FN4O4. The number of ether oxygens (including phenoxy) is 1. The number of rotatable bonds is 5. The van der Waals surface area contributed by atoms with E-state index in [1.807, 2.05) is 31.2 Å². The number of carbonyl (C=O) groups is 3. The highest BCUT2D eigenvalue weighted by Gasteiger charge is 2.49. The number of aryl methyl sites for hydroxylation is 1. The van der Waals surface area contributed by atoms with Crippen molar-refractivity contribution >= 4 is 23.5 Å². The minimum Gasteiger partial charge on any atom is -0.464 e. The Morgan fingerprint density at radius 2 is 1.82 bits per heavy atom. The summed E-state index contributed by atoms with van der Waals surface area (Å²) in [6.07, 6.45) is 1.34. The van der Waals surface area contributed by atoms with Gasteiger partial charge in [-0.3, -0.25) is 14.5 Å². The van der Waals surface area contributed by atoms with Gasteiger partial charge in [-0.25, -0.2) is 14.2 Å². The lowest BCUT2D eigenvalue weighted by Crippen LogP contribution is -2.64. The van der Waals surface area contributed by atoms with E-state index in [-0.39, 0.29) is 24.5 Å². The molecule has 2 aromatic carbocycles. The second kappa shape index (κ2) is 8.50. The standard InChI is InChI=1S/C24H23FN4O4/c1-15-4-6-16(7-5-15)12-26-23(32)24(2)13-28-14-27-19(22(31)33-3)20(28)21(30)29(24)18-10-8-17(25)9-11-18/h4-11,14H,12-13H2,1-3H3,(H,26,32)/t24-/m1/s1. The monoisotopic (exact) mass is 450 g/mol. The SMILES string of the molecule is COC(=O)c1ncn2c1C(=O)N(c1ccc(F)cc1)[C@@](C)(C(=O)NCc1ccc(C)cc1)C2. The number of nitrogens with one attached hydrogen (secondary N) is 1. The highest BCUT2D eigenvalue weighted by atomic mass is 19.1. The lowest BCUT2D eigenvalue weighted by molar-refractivity contribution is -0.126. The molecule has 0 saturated heterocycles. The molecule has 0 bridgehead atoms. The molecular weight excluding hydrogens is 427 g/mol. The second-order valence-corrected chi connectivity index (χ2v) is 8.12. The predicted molar refractivity (Wildman–Crippen MR) is 118 cm³/mol. The zero-order chi connectivity index (χ0) is 23.8. The van der Waals surface area contributed by atoms with E-state index in [0.29, 0.717) is 5.69 Å². The van der Waals surface area contributed by atoms with Crippen LogP contribution in [-0.2, 0) is 22.6 Å². The van der Waals surface area contributed by atoms with E-state index in [9.17, 15) is 18.8 Å². The zero-order valence-electron chi connectivity index (χ0n) is 18.5. The number of hydrogen-bond donors (Lipinski definition) is 1. The van der Waals surface area contributed by atoms with E-state index in [1.165, 1.54) is 47.2 Å². The van der Waals surface area contributed by atoms with E-state index >= 15 is 0 Å². The van der Waals surface area contributed by atoms with Crippen LogP contribution in [0.5, 0.6) is 0 Å². The summed E-state index contributed by atoms with van der Waals surface area (Å²) in [5.74, 6) is -2.25. The summed E-state index contributed by atoms with van der Waals surface area (Å²) >= 11 is 0. The first-order chi connectivity index (χ1) is 15.7. The molecule has 1 aliphatic heterocycles. The third-order valence-corrected chi connectivity index (χ3v) is 5.74. The van der Waals surface area contributed by atoms with Crippen molar-refractivity contribution in [3.63, 3.8) is 0 Å². The van der Waals surface area contributed by atoms with Crippen molar-refractivity contribution in [1.82, 2.24) is 14.9 Å². The first-order valence-corrected chi connectivity index (χ1v) is 10.3. The smallest absolute Gasteiger partial charge is 0.359 e. The third kappa shape index (κ3) is 3.97. The lowest BCUT2D eigenvalue weighted by atomic mass is 9.93. The van der Waals surface area contributed by atoms with Gasteiger partial charge in [0.2, 0.25) is 5.91 Å². The van der Waals surface area contributed by atoms with Gasteiger partial charge >= 0.3 is 5.97 Å². The maximum Gasteiger partial charge on any atom is 0.359 e. The number of aromatic nitrogens is 2. The number of amides is 2. The fourth-order valence-electron chi connectivity index (χ4n) is 3.95. The molecule has 1 atom stereocenters. The van der Waals surface area contributed by atoms with Gasteiger partial charge in [0.1, 0.15) is 17.1 Å². The average molecular weight is 450 g/mol. The van der Waals surface area contributed by atoms with Gasteiger partial charge in [0.25, 0.3) is 5.91 Å². The number of benzene rings is 2. The predicted octanol–water partition coefficient (Wildman–Crippen LogP) is 2.85. The Bertz CT molecular complexity index is 1220. The molecule has 2 heterocycles. The number of imidazole rings is 1. The maximum absolute atomic E-state index is 13.6. The topological polar surface area (TPSA) is 93.5 Å².